The van der Waals surface area contributed by atoms with Gasteiger partial charge < -0.3 is 5.11 Å². The number of nitriles is 1. The van der Waals surface area contributed by atoms with E-state index >= 15 is 0 Å². The summed E-state index contributed by atoms with van der Waals surface area (Å²) in [5.74, 6) is -1.93. The third-order valence-electron chi connectivity index (χ3n) is 1.82. The number of aliphatic carboxylic acids is 1. The summed E-state index contributed by atoms with van der Waals surface area (Å²) in [5, 5.41) is 17.1. The molecular weight excluding hydrogens is 213 g/mol. The topological polar surface area (TPSA) is 78.2 Å². The van der Waals surface area contributed by atoms with Crippen LogP contribution in [0.4, 0.5) is 4.39 Å². The van der Waals surface area contributed by atoms with Gasteiger partial charge in [-0.3, -0.25) is 4.79 Å². The van der Waals surface area contributed by atoms with Crippen LogP contribution >= 0.6 is 0 Å². The fraction of sp³-hybridized carbons (Fsp3) is 0. The van der Waals surface area contributed by atoms with Crippen LogP contribution < -0.4 is 0 Å². The van der Waals surface area contributed by atoms with Gasteiger partial charge in [0.05, 0.1) is 11.6 Å². The molecule has 1 aromatic rings. The predicted molar refractivity (Wildman–Crippen MR) is 53.2 cm³/mol. The molecule has 0 saturated carbocycles. The van der Waals surface area contributed by atoms with Gasteiger partial charge in [-0.25, -0.2) is 9.18 Å². The molecule has 4 nitrogen and oxygen atoms in total. The molecule has 0 amide bonds. The van der Waals surface area contributed by atoms with E-state index in [4.69, 9.17) is 10.4 Å². The van der Waals surface area contributed by atoms with Crippen LogP contribution in [-0.2, 0) is 4.79 Å². The average molecular weight is 219 g/mol. The van der Waals surface area contributed by atoms with Crippen LogP contribution in [0.3, 0.4) is 0 Å². The molecule has 0 atom stereocenters. The van der Waals surface area contributed by atoms with Crippen molar-refractivity contribution in [3.05, 3.63) is 40.7 Å². The number of carbonyl (C=O) groups is 2. The monoisotopic (exact) mass is 219 g/mol. The molecule has 0 saturated heterocycles. The molecule has 1 N–H and O–H groups in total. The zero-order valence-corrected chi connectivity index (χ0v) is 7.98. The molecule has 0 aromatic heterocycles. The van der Waals surface area contributed by atoms with Gasteiger partial charge in [-0.1, -0.05) is 0 Å². The summed E-state index contributed by atoms with van der Waals surface area (Å²) in [5.41, 5.74) is -0.0463. The Morgan fingerprint density at radius 2 is 2.19 bits per heavy atom. The highest BCUT2D eigenvalue weighted by atomic mass is 19.1. The van der Waals surface area contributed by atoms with Crippen LogP contribution in [0.25, 0.3) is 6.08 Å². The largest absolute Gasteiger partial charge is 0.478 e. The van der Waals surface area contributed by atoms with Gasteiger partial charge in [-0.15, -0.1) is 0 Å². The fourth-order valence-electron chi connectivity index (χ4n) is 1.17. The van der Waals surface area contributed by atoms with E-state index in [-0.39, 0.29) is 16.7 Å². The number of carbonyl (C=O) groups excluding carboxylic acids is 1. The van der Waals surface area contributed by atoms with E-state index in [0.29, 0.717) is 6.29 Å². The second kappa shape index (κ2) is 4.84. The lowest BCUT2D eigenvalue weighted by molar-refractivity contribution is -0.131. The molecule has 1 aromatic carbocycles. The van der Waals surface area contributed by atoms with Gasteiger partial charge in [0.1, 0.15) is 5.82 Å². The van der Waals surface area contributed by atoms with Crippen molar-refractivity contribution >= 4 is 18.3 Å². The van der Waals surface area contributed by atoms with Crippen LogP contribution in [0.2, 0.25) is 0 Å². The standard InChI is InChI=1S/C11H6FNO3/c12-9-3-7(5-13)10(1-2-11(15)16)8(4-9)6-14/h1-4,6H,(H,15,16)/b2-1+. The van der Waals surface area contributed by atoms with Crippen molar-refractivity contribution in [1.82, 2.24) is 0 Å². The molecule has 0 unspecified atom stereocenters. The minimum atomic E-state index is -1.22. The predicted octanol–water partition coefficient (Wildman–Crippen LogP) is 1.61. The first kappa shape index (κ1) is 11.6. The summed E-state index contributed by atoms with van der Waals surface area (Å²) in [6.07, 6.45) is 2.23. The summed E-state index contributed by atoms with van der Waals surface area (Å²) < 4.78 is 12.9. The Labute approximate surface area is 90.2 Å². The summed E-state index contributed by atoms with van der Waals surface area (Å²) in [6, 6.07) is 3.57. The Morgan fingerprint density at radius 1 is 1.50 bits per heavy atom. The number of hydrogen-bond donors (Lipinski definition) is 1. The first-order valence-corrected chi connectivity index (χ1v) is 4.18. The number of rotatable bonds is 3. The molecular formula is C11H6FNO3. The molecule has 0 spiro atoms. The molecule has 0 radical (unpaired) electrons. The molecule has 0 fully saturated rings. The lowest BCUT2D eigenvalue weighted by Gasteiger charge is -2.01. The zero-order valence-electron chi connectivity index (χ0n) is 7.98. The van der Waals surface area contributed by atoms with E-state index in [0.717, 1.165) is 24.3 Å². The maximum absolute atomic E-state index is 12.9. The fourth-order valence-corrected chi connectivity index (χ4v) is 1.17. The van der Waals surface area contributed by atoms with Gasteiger partial charge in [0.25, 0.3) is 0 Å². The van der Waals surface area contributed by atoms with Crippen molar-refractivity contribution in [2.75, 3.05) is 0 Å². The molecule has 0 aliphatic rings. The Balaban J connectivity index is 3.40. The highest BCUT2D eigenvalue weighted by Gasteiger charge is 2.08. The molecule has 0 aliphatic carbocycles. The van der Waals surface area contributed by atoms with E-state index < -0.39 is 11.8 Å². The molecule has 5 heteroatoms. The van der Waals surface area contributed by atoms with E-state index in [1.807, 2.05) is 0 Å². The number of benzene rings is 1. The summed E-state index contributed by atoms with van der Waals surface area (Å²) in [4.78, 5) is 20.9. The van der Waals surface area contributed by atoms with Crippen molar-refractivity contribution in [2.45, 2.75) is 0 Å². The Bertz CT molecular complexity index is 515. The first-order valence-electron chi connectivity index (χ1n) is 4.18. The maximum Gasteiger partial charge on any atom is 0.328 e. The molecule has 16 heavy (non-hydrogen) atoms. The van der Waals surface area contributed by atoms with Gasteiger partial charge in [0.15, 0.2) is 6.29 Å². The van der Waals surface area contributed by atoms with Crippen LogP contribution in [0.1, 0.15) is 21.5 Å². The molecule has 0 aliphatic heterocycles. The minimum Gasteiger partial charge on any atom is -0.478 e. The summed E-state index contributed by atoms with van der Waals surface area (Å²) in [7, 11) is 0. The van der Waals surface area contributed by atoms with Crippen molar-refractivity contribution in [1.29, 1.82) is 5.26 Å². The third kappa shape index (κ3) is 2.51. The van der Waals surface area contributed by atoms with Crippen molar-refractivity contribution in [3.8, 4) is 6.07 Å². The molecule has 0 heterocycles. The highest BCUT2D eigenvalue weighted by Crippen LogP contribution is 2.17. The van der Waals surface area contributed by atoms with Crippen LogP contribution in [0, 0.1) is 17.1 Å². The molecule has 80 valence electrons. The Morgan fingerprint density at radius 3 is 2.69 bits per heavy atom. The van der Waals surface area contributed by atoms with Crippen LogP contribution in [-0.4, -0.2) is 17.4 Å². The van der Waals surface area contributed by atoms with Crippen LogP contribution in [0.15, 0.2) is 18.2 Å². The van der Waals surface area contributed by atoms with Gasteiger partial charge in [0.2, 0.25) is 0 Å². The number of nitrogens with zero attached hydrogens (tertiary/aromatic N) is 1. The third-order valence-corrected chi connectivity index (χ3v) is 1.82. The van der Waals surface area contributed by atoms with E-state index in [9.17, 15) is 14.0 Å². The van der Waals surface area contributed by atoms with E-state index in [2.05, 4.69) is 0 Å². The second-order valence-corrected chi connectivity index (χ2v) is 2.86. The van der Waals surface area contributed by atoms with Gasteiger partial charge in [0, 0.05) is 17.2 Å². The Kier molecular flexibility index (Phi) is 3.51. The zero-order chi connectivity index (χ0) is 12.1. The number of aldehydes is 1. The normalized spacial score (nSPS) is 10.0. The highest BCUT2D eigenvalue weighted by molar-refractivity contribution is 5.90. The number of halogens is 1. The Hall–Kier alpha value is -2.48. The lowest BCUT2D eigenvalue weighted by atomic mass is 10.0. The molecule has 1 rings (SSSR count). The SMILES string of the molecule is N#Cc1cc(F)cc(C=O)c1/C=C/C(=O)O. The smallest absolute Gasteiger partial charge is 0.328 e. The molecule has 0 bridgehead atoms. The van der Waals surface area contributed by atoms with Gasteiger partial charge >= 0.3 is 5.97 Å². The van der Waals surface area contributed by atoms with Gasteiger partial charge in [-0.05, 0) is 18.2 Å². The van der Waals surface area contributed by atoms with Crippen molar-refractivity contribution in [3.63, 3.8) is 0 Å². The maximum atomic E-state index is 12.9. The number of carboxylic acid groups (broad SMARTS) is 1. The quantitative estimate of drug-likeness (QED) is 0.618. The van der Waals surface area contributed by atoms with Gasteiger partial charge in [-0.2, -0.15) is 5.26 Å². The summed E-state index contributed by atoms with van der Waals surface area (Å²) in [6.45, 7) is 0. The van der Waals surface area contributed by atoms with E-state index in [1.165, 1.54) is 0 Å². The number of carboxylic acids is 1. The first-order chi connectivity index (χ1) is 7.58. The van der Waals surface area contributed by atoms with Crippen molar-refractivity contribution in [2.24, 2.45) is 0 Å². The summed E-state index contributed by atoms with van der Waals surface area (Å²) >= 11 is 0. The van der Waals surface area contributed by atoms with Crippen LogP contribution in [0.5, 0.6) is 0 Å². The lowest BCUT2D eigenvalue weighted by Crippen LogP contribution is -1.95. The van der Waals surface area contributed by atoms with E-state index in [1.54, 1.807) is 6.07 Å². The minimum absolute atomic E-state index is 0.0611. The second-order valence-electron chi connectivity index (χ2n) is 2.86. The number of hydrogen-bond acceptors (Lipinski definition) is 3. The van der Waals surface area contributed by atoms with Crippen molar-refractivity contribution < 1.29 is 19.1 Å². The average Bonchev–Trinajstić information content (AvgIpc) is 2.25.